The second kappa shape index (κ2) is 10.9. The highest BCUT2D eigenvalue weighted by Gasteiger charge is 2.26. The number of hydrogen-bond donors (Lipinski definition) is 2. The van der Waals surface area contributed by atoms with E-state index in [2.05, 4.69) is 15.5 Å². The van der Waals surface area contributed by atoms with E-state index in [9.17, 15) is 9.59 Å². The van der Waals surface area contributed by atoms with Crippen molar-refractivity contribution in [2.75, 3.05) is 31.6 Å². The number of anilines is 1. The van der Waals surface area contributed by atoms with E-state index in [1.807, 2.05) is 56.3 Å². The van der Waals surface area contributed by atoms with Crippen LogP contribution in [-0.2, 0) is 16.1 Å². The Labute approximate surface area is 178 Å². The van der Waals surface area contributed by atoms with Crippen LogP contribution in [-0.4, -0.2) is 49.1 Å². The number of ether oxygens (including phenoxy) is 1. The van der Waals surface area contributed by atoms with Crippen molar-refractivity contribution in [3.8, 4) is 0 Å². The lowest BCUT2D eigenvalue weighted by molar-refractivity contribution is -0.119. The fourth-order valence-corrected chi connectivity index (χ4v) is 3.45. The van der Waals surface area contributed by atoms with E-state index in [1.165, 1.54) is 5.56 Å². The first kappa shape index (κ1) is 22.0. The molecule has 0 aliphatic carbocycles. The average Bonchev–Trinajstić information content (AvgIpc) is 2.79. The van der Waals surface area contributed by atoms with Crippen molar-refractivity contribution < 1.29 is 14.3 Å². The van der Waals surface area contributed by atoms with Crippen LogP contribution in [0.4, 0.5) is 5.69 Å². The monoisotopic (exact) mass is 409 g/mol. The number of carbonyl (C=O) groups is 2. The molecule has 0 bridgehead atoms. The zero-order chi connectivity index (χ0) is 21.3. The van der Waals surface area contributed by atoms with Gasteiger partial charge in [-0.15, -0.1) is 0 Å². The number of nitrogens with one attached hydrogen (secondary N) is 2. The van der Waals surface area contributed by atoms with E-state index < -0.39 is 6.04 Å². The van der Waals surface area contributed by atoms with Crippen LogP contribution in [0.15, 0.2) is 54.6 Å². The predicted molar refractivity (Wildman–Crippen MR) is 118 cm³/mol. The highest BCUT2D eigenvalue weighted by Crippen LogP contribution is 2.15. The molecule has 0 spiro atoms. The highest BCUT2D eigenvalue weighted by molar-refractivity contribution is 6.01. The molecule has 1 fully saturated rings. The number of morpholine rings is 1. The normalized spacial score (nSPS) is 16.5. The highest BCUT2D eigenvalue weighted by atomic mass is 16.5. The van der Waals surface area contributed by atoms with Crippen molar-refractivity contribution in [1.29, 1.82) is 0 Å². The average molecular weight is 410 g/mol. The third-order valence-electron chi connectivity index (χ3n) is 5.55. The Balaban J connectivity index is 1.61. The van der Waals surface area contributed by atoms with Gasteiger partial charge in [-0.2, -0.15) is 0 Å². The molecule has 160 valence electrons. The smallest absolute Gasteiger partial charge is 0.251 e. The minimum atomic E-state index is -0.601. The first-order valence-corrected chi connectivity index (χ1v) is 10.6. The Hall–Kier alpha value is -2.70. The Bertz CT molecular complexity index is 817. The van der Waals surface area contributed by atoms with Gasteiger partial charge in [0.1, 0.15) is 6.04 Å². The minimum absolute atomic E-state index is 0.0123. The molecular weight excluding hydrogens is 378 g/mol. The van der Waals surface area contributed by atoms with Crippen LogP contribution in [0.25, 0.3) is 0 Å². The van der Waals surface area contributed by atoms with Gasteiger partial charge < -0.3 is 15.4 Å². The fourth-order valence-electron chi connectivity index (χ4n) is 3.45. The summed E-state index contributed by atoms with van der Waals surface area (Å²) in [6.45, 7) is 8.30. The molecule has 6 nitrogen and oxygen atoms in total. The Morgan fingerprint density at radius 1 is 1.03 bits per heavy atom. The summed E-state index contributed by atoms with van der Waals surface area (Å²) < 4.78 is 5.39. The molecule has 2 atom stereocenters. The topological polar surface area (TPSA) is 70.7 Å². The van der Waals surface area contributed by atoms with Crippen molar-refractivity contribution in [3.63, 3.8) is 0 Å². The van der Waals surface area contributed by atoms with Gasteiger partial charge in [0.2, 0.25) is 5.91 Å². The van der Waals surface area contributed by atoms with Gasteiger partial charge in [-0.3, -0.25) is 14.5 Å². The number of rotatable bonds is 8. The van der Waals surface area contributed by atoms with E-state index in [-0.39, 0.29) is 17.7 Å². The second-order valence-corrected chi connectivity index (χ2v) is 7.78. The van der Waals surface area contributed by atoms with E-state index in [1.54, 1.807) is 12.1 Å². The van der Waals surface area contributed by atoms with Crippen molar-refractivity contribution in [2.24, 2.45) is 5.92 Å². The van der Waals surface area contributed by atoms with Gasteiger partial charge >= 0.3 is 0 Å². The molecule has 0 saturated carbocycles. The van der Waals surface area contributed by atoms with Gasteiger partial charge in [0.15, 0.2) is 0 Å². The molecule has 2 aromatic carbocycles. The van der Waals surface area contributed by atoms with Gasteiger partial charge in [0, 0.05) is 30.9 Å². The molecule has 1 saturated heterocycles. The maximum absolute atomic E-state index is 12.9. The van der Waals surface area contributed by atoms with Gasteiger partial charge in [-0.25, -0.2) is 0 Å². The molecule has 2 amide bonds. The van der Waals surface area contributed by atoms with Crippen LogP contribution in [0.1, 0.15) is 36.2 Å². The largest absolute Gasteiger partial charge is 0.379 e. The fraction of sp³-hybridized carbons (Fsp3) is 0.417. The molecule has 2 unspecified atom stereocenters. The zero-order valence-electron chi connectivity index (χ0n) is 17.8. The lowest BCUT2D eigenvalue weighted by Crippen LogP contribution is -2.47. The summed E-state index contributed by atoms with van der Waals surface area (Å²) in [5.41, 5.74) is 2.48. The van der Waals surface area contributed by atoms with Crippen LogP contribution in [0.2, 0.25) is 0 Å². The van der Waals surface area contributed by atoms with E-state index in [0.717, 1.165) is 45.0 Å². The Morgan fingerprint density at radius 2 is 1.70 bits per heavy atom. The van der Waals surface area contributed by atoms with Gasteiger partial charge in [0.25, 0.3) is 5.91 Å². The van der Waals surface area contributed by atoms with E-state index in [4.69, 9.17) is 4.74 Å². The molecule has 1 aliphatic rings. The van der Waals surface area contributed by atoms with Crippen molar-refractivity contribution >= 4 is 17.5 Å². The maximum atomic E-state index is 12.9. The Kier molecular flexibility index (Phi) is 7.99. The summed E-state index contributed by atoms with van der Waals surface area (Å²) in [5.74, 6) is -0.426. The van der Waals surface area contributed by atoms with Crippen LogP contribution < -0.4 is 10.6 Å². The zero-order valence-corrected chi connectivity index (χ0v) is 17.8. The summed E-state index contributed by atoms with van der Waals surface area (Å²) in [6, 6.07) is 16.3. The molecule has 0 radical (unpaired) electrons. The molecule has 2 aromatic rings. The number of benzene rings is 2. The Morgan fingerprint density at radius 3 is 2.33 bits per heavy atom. The van der Waals surface area contributed by atoms with E-state index in [0.29, 0.717) is 5.56 Å². The quantitative estimate of drug-likeness (QED) is 0.702. The van der Waals surface area contributed by atoms with Gasteiger partial charge in [-0.1, -0.05) is 50.6 Å². The predicted octanol–water partition coefficient (Wildman–Crippen LogP) is 3.30. The minimum Gasteiger partial charge on any atom is -0.379 e. The van der Waals surface area contributed by atoms with Crippen LogP contribution in [0.3, 0.4) is 0 Å². The van der Waals surface area contributed by atoms with Crippen LogP contribution in [0.5, 0.6) is 0 Å². The second-order valence-electron chi connectivity index (χ2n) is 7.78. The lowest BCUT2D eigenvalue weighted by atomic mass is 9.97. The van der Waals surface area contributed by atoms with Crippen molar-refractivity contribution in [2.45, 2.75) is 32.9 Å². The summed E-state index contributed by atoms with van der Waals surface area (Å²) >= 11 is 0. The molecule has 6 heteroatoms. The first-order valence-electron chi connectivity index (χ1n) is 10.6. The lowest BCUT2D eigenvalue weighted by Gasteiger charge is -2.26. The molecule has 0 aromatic heterocycles. The van der Waals surface area contributed by atoms with Crippen molar-refractivity contribution in [1.82, 2.24) is 10.2 Å². The number of nitrogens with zero attached hydrogens (tertiary/aromatic N) is 1. The maximum Gasteiger partial charge on any atom is 0.251 e. The van der Waals surface area contributed by atoms with Gasteiger partial charge in [-0.05, 0) is 35.7 Å². The third-order valence-corrected chi connectivity index (χ3v) is 5.55. The number of hydrogen-bond acceptors (Lipinski definition) is 4. The van der Waals surface area contributed by atoms with Crippen LogP contribution in [0, 0.1) is 5.92 Å². The molecule has 1 heterocycles. The molecular formula is C24H31N3O3. The third kappa shape index (κ3) is 6.15. The van der Waals surface area contributed by atoms with E-state index >= 15 is 0 Å². The number of amides is 2. The summed E-state index contributed by atoms with van der Waals surface area (Å²) in [4.78, 5) is 27.9. The molecule has 1 aliphatic heterocycles. The summed E-state index contributed by atoms with van der Waals surface area (Å²) in [6.07, 6.45) is 0.783. The SMILES string of the molecule is CCC(C)C(NC(=O)c1ccccc1)C(=O)Nc1ccc(CN2CCOCC2)cc1. The molecule has 30 heavy (non-hydrogen) atoms. The van der Waals surface area contributed by atoms with Crippen LogP contribution >= 0.6 is 0 Å². The molecule has 3 rings (SSSR count). The summed E-state index contributed by atoms with van der Waals surface area (Å²) in [5, 5.41) is 5.86. The van der Waals surface area contributed by atoms with Crippen molar-refractivity contribution in [3.05, 3.63) is 65.7 Å². The summed E-state index contributed by atoms with van der Waals surface area (Å²) in [7, 11) is 0. The van der Waals surface area contributed by atoms with Gasteiger partial charge in [0.05, 0.1) is 13.2 Å². The first-order chi connectivity index (χ1) is 14.6. The number of carbonyl (C=O) groups excluding carboxylic acids is 2. The standard InChI is InChI=1S/C24H31N3O3/c1-3-18(2)22(26-23(28)20-7-5-4-6-8-20)24(29)25-21-11-9-19(10-12-21)17-27-13-15-30-16-14-27/h4-12,18,22H,3,13-17H2,1-2H3,(H,25,29)(H,26,28). The molecule has 2 N–H and O–H groups in total.